The van der Waals surface area contributed by atoms with Gasteiger partial charge < -0.3 is 14.2 Å². The zero-order chi connectivity index (χ0) is 15.1. The molecule has 0 heterocycles. The molecule has 0 aromatic heterocycles. The van der Waals surface area contributed by atoms with E-state index < -0.39 is 0 Å². The first-order valence-electron chi connectivity index (χ1n) is 6.63. The first-order valence-corrected chi connectivity index (χ1v) is 6.63. The van der Waals surface area contributed by atoms with E-state index >= 15 is 0 Å². The molecule has 0 N–H and O–H groups in total. The number of carbonyl (C=O) groups is 1. The summed E-state index contributed by atoms with van der Waals surface area (Å²) in [6.45, 7) is 0.0191. The maximum atomic E-state index is 11.9. The van der Waals surface area contributed by atoms with E-state index in [4.69, 9.17) is 14.2 Å². The molecule has 110 valence electrons. The summed E-state index contributed by atoms with van der Waals surface area (Å²) in [6, 6.07) is 14.8. The number of benzene rings is 2. The third kappa shape index (κ3) is 4.53. The minimum Gasteiger partial charge on any atom is -0.496 e. The molecule has 0 saturated heterocycles. The fourth-order valence-electron chi connectivity index (χ4n) is 1.90. The summed E-state index contributed by atoms with van der Waals surface area (Å²) in [6.07, 6.45) is 0.363. The molecule has 0 aliphatic heterocycles. The average Bonchev–Trinajstić information content (AvgIpc) is 2.53. The Balaban J connectivity index is 1.94. The van der Waals surface area contributed by atoms with Gasteiger partial charge in [0.05, 0.1) is 14.2 Å². The van der Waals surface area contributed by atoms with Crippen LogP contribution in [-0.2, 0) is 11.2 Å². The average molecular weight is 286 g/mol. The lowest BCUT2D eigenvalue weighted by molar-refractivity contribution is -0.120. The number of ether oxygens (including phenoxy) is 3. The molecule has 0 amide bonds. The van der Waals surface area contributed by atoms with Crippen molar-refractivity contribution in [2.75, 3.05) is 20.8 Å². The molecule has 0 unspecified atom stereocenters. The molecule has 2 aromatic rings. The van der Waals surface area contributed by atoms with Crippen molar-refractivity contribution in [2.45, 2.75) is 6.42 Å². The summed E-state index contributed by atoms with van der Waals surface area (Å²) in [7, 11) is 3.14. The molecule has 0 radical (unpaired) electrons. The molecule has 0 saturated carbocycles. The standard InChI is InChI=1S/C17H18O4/c1-19-15-9-16(20-2)11-17(10-15)21-12-14(18)8-13-6-4-3-5-7-13/h3-7,9-11H,8,12H2,1-2H3. The Bertz CT molecular complexity index is 571. The Labute approximate surface area is 124 Å². The summed E-state index contributed by atoms with van der Waals surface area (Å²) in [5.41, 5.74) is 0.981. The van der Waals surface area contributed by atoms with Crippen molar-refractivity contribution in [1.82, 2.24) is 0 Å². The number of methoxy groups -OCH3 is 2. The van der Waals surface area contributed by atoms with Crippen LogP contribution >= 0.6 is 0 Å². The third-order valence-electron chi connectivity index (χ3n) is 2.97. The van der Waals surface area contributed by atoms with E-state index in [1.807, 2.05) is 30.3 Å². The Morgan fingerprint density at radius 3 is 2.05 bits per heavy atom. The lowest BCUT2D eigenvalue weighted by Crippen LogP contribution is -2.13. The third-order valence-corrected chi connectivity index (χ3v) is 2.97. The largest absolute Gasteiger partial charge is 0.496 e. The molecule has 0 spiro atoms. The van der Waals surface area contributed by atoms with Gasteiger partial charge in [0.15, 0.2) is 5.78 Å². The fourth-order valence-corrected chi connectivity index (χ4v) is 1.90. The van der Waals surface area contributed by atoms with E-state index in [0.29, 0.717) is 23.7 Å². The van der Waals surface area contributed by atoms with E-state index in [-0.39, 0.29) is 12.4 Å². The van der Waals surface area contributed by atoms with Gasteiger partial charge >= 0.3 is 0 Å². The fraction of sp³-hybridized carbons (Fsp3) is 0.235. The second kappa shape index (κ2) is 7.33. The molecule has 0 bridgehead atoms. The first-order chi connectivity index (χ1) is 10.2. The van der Waals surface area contributed by atoms with Crippen molar-refractivity contribution in [2.24, 2.45) is 0 Å². The molecule has 0 aliphatic carbocycles. The Kier molecular flexibility index (Phi) is 5.21. The highest BCUT2D eigenvalue weighted by atomic mass is 16.5. The predicted octanol–water partition coefficient (Wildman–Crippen LogP) is 2.89. The molecule has 4 heteroatoms. The van der Waals surface area contributed by atoms with E-state index in [1.54, 1.807) is 32.4 Å². The summed E-state index contributed by atoms with van der Waals surface area (Å²) >= 11 is 0. The van der Waals surface area contributed by atoms with Crippen LogP contribution in [0.5, 0.6) is 17.2 Å². The van der Waals surface area contributed by atoms with Gasteiger partial charge in [-0.2, -0.15) is 0 Å². The van der Waals surface area contributed by atoms with Crippen LogP contribution in [0.1, 0.15) is 5.56 Å². The van der Waals surface area contributed by atoms with E-state index in [0.717, 1.165) is 5.56 Å². The number of Topliss-reactive ketones (excluding diaryl/α,β-unsaturated/α-hetero) is 1. The molecule has 4 nitrogen and oxygen atoms in total. The second-order valence-corrected chi connectivity index (χ2v) is 4.54. The van der Waals surface area contributed by atoms with Crippen LogP contribution in [0, 0.1) is 0 Å². The molecule has 21 heavy (non-hydrogen) atoms. The van der Waals surface area contributed by atoms with Crippen molar-refractivity contribution >= 4 is 5.78 Å². The second-order valence-electron chi connectivity index (χ2n) is 4.54. The van der Waals surface area contributed by atoms with Crippen molar-refractivity contribution in [3.8, 4) is 17.2 Å². The molecule has 0 aliphatic rings. The van der Waals surface area contributed by atoms with Gasteiger partial charge in [0.25, 0.3) is 0 Å². The van der Waals surface area contributed by atoms with Crippen molar-refractivity contribution < 1.29 is 19.0 Å². The van der Waals surface area contributed by atoms with E-state index in [9.17, 15) is 4.79 Å². The smallest absolute Gasteiger partial charge is 0.174 e. The maximum Gasteiger partial charge on any atom is 0.174 e. The molecular formula is C17H18O4. The highest BCUT2D eigenvalue weighted by molar-refractivity contribution is 5.82. The lowest BCUT2D eigenvalue weighted by atomic mass is 10.1. The summed E-state index contributed by atoms with van der Waals surface area (Å²) in [4.78, 5) is 11.9. The highest BCUT2D eigenvalue weighted by Gasteiger charge is 2.07. The van der Waals surface area contributed by atoms with Gasteiger partial charge in [-0.3, -0.25) is 4.79 Å². The molecule has 0 fully saturated rings. The zero-order valence-electron chi connectivity index (χ0n) is 12.2. The van der Waals surface area contributed by atoms with Gasteiger partial charge in [-0.1, -0.05) is 30.3 Å². The maximum absolute atomic E-state index is 11.9. The zero-order valence-corrected chi connectivity index (χ0v) is 12.2. The van der Waals surface area contributed by atoms with Crippen molar-refractivity contribution in [3.05, 3.63) is 54.1 Å². The lowest BCUT2D eigenvalue weighted by Gasteiger charge is -2.10. The summed E-state index contributed by atoms with van der Waals surface area (Å²) < 4.78 is 15.8. The van der Waals surface area contributed by atoms with Crippen LogP contribution in [0.15, 0.2) is 48.5 Å². The van der Waals surface area contributed by atoms with Crippen molar-refractivity contribution in [3.63, 3.8) is 0 Å². The van der Waals surface area contributed by atoms with Gasteiger partial charge in [0.2, 0.25) is 0 Å². The molecular weight excluding hydrogens is 268 g/mol. The Hall–Kier alpha value is -2.49. The van der Waals surface area contributed by atoms with Crippen LogP contribution in [-0.4, -0.2) is 26.6 Å². The topological polar surface area (TPSA) is 44.8 Å². The van der Waals surface area contributed by atoms with Crippen LogP contribution in [0.2, 0.25) is 0 Å². The van der Waals surface area contributed by atoms with Crippen LogP contribution in [0.3, 0.4) is 0 Å². The van der Waals surface area contributed by atoms with Gasteiger partial charge in [-0.15, -0.1) is 0 Å². The summed E-state index contributed by atoms with van der Waals surface area (Å²) in [5.74, 6) is 1.82. The van der Waals surface area contributed by atoms with Crippen molar-refractivity contribution in [1.29, 1.82) is 0 Å². The normalized spacial score (nSPS) is 10.0. The number of carbonyl (C=O) groups excluding carboxylic acids is 1. The van der Waals surface area contributed by atoms with Gasteiger partial charge in [0, 0.05) is 24.6 Å². The number of hydrogen-bond donors (Lipinski definition) is 0. The van der Waals surface area contributed by atoms with Gasteiger partial charge in [-0.25, -0.2) is 0 Å². The SMILES string of the molecule is COc1cc(OC)cc(OCC(=O)Cc2ccccc2)c1. The van der Waals surface area contributed by atoms with Crippen LogP contribution in [0.4, 0.5) is 0 Å². The van der Waals surface area contributed by atoms with Crippen LogP contribution in [0.25, 0.3) is 0 Å². The van der Waals surface area contributed by atoms with Gasteiger partial charge in [-0.05, 0) is 5.56 Å². The molecule has 2 aromatic carbocycles. The summed E-state index contributed by atoms with van der Waals surface area (Å²) in [5, 5.41) is 0. The molecule has 2 rings (SSSR count). The van der Waals surface area contributed by atoms with E-state index in [1.165, 1.54) is 0 Å². The monoisotopic (exact) mass is 286 g/mol. The number of ketones is 1. The Morgan fingerprint density at radius 1 is 0.905 bits per heavy atom. The quantitative estimate of drug-likeness (QED) is 0.785. The molecule has 0 atom stereocenters. The first kappa shape index (κ1) is 14.9. The minimum atomic E-state index is 0.0167. The minimum absolute atomic E-state index is 0.0167. The highest BCUT2D eigenvalue weighted by Crippen LogP contribution is 2.27. The predicted molar refractivity (Wildman–Crippen MR) is 80.2 cm³/mol. The Morgan fingerprint density at radius 2 is 1.48 bits per heavy atom. The number of rotatable bonds is 7. The van der Waals surface area contributed by atoms with Gasteiger partial charge in [0.1, 0.15) is 23.9 Å². The number of hydrogen-bond acceptors (Lipinski definition) is 4. The van der Waals surface area contributed by atoms with E-state index in [2.05, 4.69) is 0 Å². The van der Waals surface area contributed by atoms with Crippen LogP contribution < -0.4 is 14.2 Å².